The zero-order valence-electron chi connectivity index (χ0n) is 11.1. The maximum Gasteiger partial charge on any atom is 0.123 e. The Kier molecular flexibility index (Phi) is 4.72. The van der Waals surface area contributed by atoms with Crippen LogP contribution in [-0.2, 0) is 0 Å². The van der Waals surface area contributed by atoms with E-state index in [1.165, 1.54) is 0 Å². The highest BCUT2D eigenvalue weighted by Gasteiger charge is 2.14. The van der Waals surface area contributed by atoms with Crippen molar-refractivity contribution in [3.05, 3.63) is 69.4 Å². The highest BCUT2D eigenvalue weighted by Crippen LogP contribution is 2.26. The van der Waals surface area contributed by atoms with Crippen LogP contribution in [0.3, 0.4) is 0 Å². The Morgan fingerprint density at radius 2 is 1.95 bits per heavy atom. The van der Waals surface area contributed by atoms with E-state index in [1.54, 1.807) is 12.1 Å². The molecule has 0 aromatic heterocycles. The number of nitrogens with one attached hydrogen (secondary N) is 1. The van der Waals surface area contributed by atoms with Gasteiger partial charge in [-0.05, 0) is 54.4 Å². The standard InChI is InChI=1S/C16H17BrFN/c1-3-19-16(12-5-4-6-14(17)9-12)13-7-11(2)8-15(18)10-13/h4-10,16,19H,3H2,1-2H3. The zero-order valence-corrected chi connectivity index (χ0v) is 12.7. The van der Waals surface area contributed by atoms with Crippen molar-refractivity contribution in [3.63, 3.8) is 0 Å². The summed E-state index contributed by atoms with van der Waals surface area (Å²) in [6, 6.07) is 13.3. The highest BCUT2D eigenvalue weighted by atomic mass is 79.9. The first-order valence-corrected chi connectivity index (χ1v) is 7.15. The van der Waals surface area contributed by atoms with Gasteiger partial charge in [0, 0.05) is 4.47 Å². The van der Waals surface area contributed by atoms with Crippen molar-refractivity contribution in [2.75, 3.05) is 6.54 Å². The smallest absolute Gasteiger partial charge is 0.123 e. The van der Waals surface area contributed by atoms with Crippen LogP contribution in [0.1, 0.15) is 29.7 Å². The summed E-state index contributed by atoms with van der Waals surface area (Å²) in [7, 11) is 0. The van der Waals surface area contributed by atoms with Crippen molar-refractivity contribution in [2.45, 2.75) is 19.9 Å². The lowest BCUT2D eigenvalue weighted by molar-refractivity contribution is 0.601. The maximum absolute atomic E-state index is 13.6. The van der Waals surface area contributed by atoms with Crippen LogP contribution in [0.15, 0.2) is 46.9 Å². The van der Waals surface area contributed by atoms with E-state index in [4.69, 9.17) is 0 Å². The lowest BCUT2D eigenvalue weighted by Crippen LogP contribution is -2.22. The van der Waals surface area contributed by atoms with Crippen molar-refractivity contribution >= 4 is 15.9 Å². The minimum absolute atomic E-state index is 0.0110. The van der Waals surface area contributed by atoms with E-state index < -0.39 is 0 Å². The van der Waals surface area contributed by atoms with Crippen LogP contribution in [0.2, 0.25) is 0 Å². The van der Waals surface area contributed by atoms with Gasteiger partial charge in [-0.25, -0.2) is 4.39 Å². The molecule has 19 heavy (non-hydrogen) atoms. The van der Waals surface area contributed by atoms with E-state index in [0.717, 1.165) is 27.7 Å². The number of benzene rings is 2. The zero-order chi connectivity index (χ0) is 13.8. The van der Waals surface area contributed by atoms with Crippen molar-refractivity contribution in [1.82, 2.24) is 5.32 Å². The van der Waals surface area contributed by atoms with Crippen LogP contribution in [0.5, 0.6) is 0 Å². The summed E-state index contributed by atoms with van der Waals surface area (Å²) in [4.78, 5) is 0. The van der Waals surface area contributed by atoms with Crippen molar-refractivity contribution in [1.29, 1.82) is 0 Å². The summed E-state index contributed by atoms with van der Waals surface area (Å²) < 4.78 is 14.6. The molecule has 0 spiro atoms. The fraction of sp³-hybridized carbons (Fsp3) is 0.250. The van der Waals surface area contributed by atoms with Gasteiger partial charge in [0.15, 0.2) is 0 Å². The van der Waals surface area contributed by atoms with Crippen molar-refractivity contribution < 1.29 is 4.39 Å². The fourth-order valence-corrected chi connectivity index (χ4v) is 2.67. The predicted octanol–water partition coefficient (Wildman–Crippen LogP) is 4.60. The molecule has 1 unspecified atom stereocenters. The van der Waals surface area contributed by atoms with Gasteiger partial charge in [-0.1, -0.05) is 41.1 Å². The monoisotopic (exact) mass is 321 g/mol. The molecule has 0 radical (unpaired) electrons. The highest BCUT2D eigenvalue weighted by molar-refractivity contribution is 9.10. The summed E-state index contributed by atoms with van der Waals surface area (Å²) in [6.45, 7) is 4.79. The molecular formula is C16H17BrFN. The lowest BCUT2D eigenvalue weighted by Gasteiger charge is -2.20. The second kappa shape index (κ2) is 6.31. The molecule has 2 rings (SSSR count). The van der Waals surface area contributed by atoms with Crippen LogP contribution in [0, 0.1) is 12.7 Å². The molecule has 0 saturated heterocycles. The van der Waals surface area contributed by atoms with Gasteiger partial charge in [0.1, 0.15) is 5.82 Å². The largest absolute Gasteiger partial charge is 0.307 e. The van der Waals surface area contributed by atoms with Crippen LogP contribution < -0.4 is 5.32 Å². The van der Waals surface area contributed by atoms with E-state index in [0.29, 0.717) is 0 Å². The Bertz CT molecular complexity index is 548. The molecule has 0 aliphatic rings. The van der Waals surface area contributed by atoms with Crippen LogP contribution in [-0.4, -0.2) is 6.54 Å². The second-order valence-corrected chi connectivity index (χ2v) is 5.52. The van der Waals surface area contributed by atoms with Gasteiger partial charge in [0.2, 0.25) is 0 Å². The Hall–Kier alpha value is -1.19. The first-order chi connectivity index (χ1) is 9.10. The van der Waals surface area contributed by atoms with Crippen LogP contribution >= 0.6 is 15.9 Å². The topological polar surface area (TPSA) is 12.0 Å². The quantitative estimate of drug-likeness (QED) is 0.868. The third-order valence-corrected chi connectivity index (χ3v) is 3.48. The molecule has 1 nitrogen and oxygen atoms in total. The molecule has 1 atom stereocenters. The number of halogens is 2. The van der Waals surface area contributed by atoms with E-state index in [-0.39, 0.29) is 11.9 Å². The molecule has 0 fully saturated rings. The molecule has 2 aromatic rings. The Labute approximate surface area is 122 Å². The average molecular weight is 322 g/mol. The SMILES string of the molecule is CCNC(c1cc(C)cc(F)c1)c1cccc(Br)c1. The Morgan fingerprint density at radius 3 is 2.58 bits per heavy atom. The minimum atomic E-state index is -0.187. The van der Waals surface area contributed by atoms with Gasteiger partial charge in [-0.3, -0.25) is 0 Å². The number of hydrogen-bond donors (Lipinski definition) is 1. The van der Waals surface area contributed by atoms with Crippen LogP contribution in [0.4, 0.5) is 4.39 Å². The average Bonchev–Trinajstić information content (AvgIpc) is 2.34. The molecule has 2 aromatic carbocycles. The number of hydrogen-bond acceptors (Lipinski definition) is 1. The molecule has 0 heterocycles. The number of rotatable bonds is 4. The normalized spacial score (nSPS) is 12.4. The van der Waals surface area contributed by atoms with Gasteiger partial charge >= 0.3 is 0 Å². The van der Waals surface area contributed by atoms with E-state index in [2.05, 4.69) is 40.3 Å². The third kappa shape index (κ3) is 3.64. The molecule has 0 bridgehead atoms. The summed E-state index contributed by atoms with van der Waals surface area (Å²) in [5.41, 5.74) is 3.02. The first kappa shape index (κ1) is 14.2. The van der Waals surface area contributed by atoms with E-state index in [9.17, 15) is 4.39 Å². The molecule has 0 aliphatic heterocycles. The summed E-state index contributed by atoms with van der Waals surface area (Å²) in [6.07, 6.45) is 0. The molecule has 0 saturated carbocycles. The van der Waals surface area contributed by atoms with Crippen molar-refractivity contribution in [2.24, 2.45) is 0 Å². The summed E-state index contributed by atoms with van der Waals surface area (Å²) in [5, 5.41) is 3.41. The molecular weight excluding hydrogens is 305 g/mol. The Balaban J connectivity index is 2.44. The lowest BCUT2D eigenvalue weighted by atomic mass is 9.97. The number of aryl methyl sites for hydroxylation is 1. The van der Waals surface area contributed by atoms with E-state index in [1.807, 2.05) is 25.1 Å². The minimum Gasteiger partial charge on any atom is -0.307 e. The predicted molar refractivity (Wildman–Crippen MR) is 80.8 cm³/mol. The molecule has 1 N–H and O–H groups in total. The third-order valence-electron chi connectivity index (χ3n) is 2.99. The van der Waals surface area contributed by atoms with E-state index >= 15 is 0 Å². The summed E-state index contributed by atoms with van der Waals surface area (Å²) >= 11 is 3.48. The van der Waals surface area contributed by atoms with Gasteiger partial charge in [-0.15, -0.1) is 0 Å². The van der Waals surface area contributed by atoms with Gasteiger partial charge in [0.25, 0.3) is 0 Å². The van der Waals surface area contributed by atoms with Gasteiger partial charge in [-0.2, -0.15) is 0 Å². The van der Waals surface area contributed by atoms with Crippen LogP contribution in [0.25, 0.3) is 0 Å². The Morgan fingerprint density at radius 1 is 1.16 bits per heavy atom. The second-order valence-electron chi connectivity index (χ2n) is 4.61. The first-order valence-electron chi connectivity index (χ1n) is 6.36. The summed E-state index contributed by atoms with van der Waals surface area (Å²) in [5.74, 6) is -0.187. The van der Waals surface area contributed by atoms with Gasteiger partial charge < -0.3 is 5.32 Å². The maximum atomic E-state index is 13.6. The molecule has 100 valence electrons. The van der Waals surface area contributed by atoms with Gasteiger partial charge in [0.05, 0.1) is 6.04 Å². The molecule has 0 aliphatic carbocycles. The molecule has 3 heteroatoms. The van der Waals surface area contributed by atoms with Crippen molar-refractivity contribution in [3.8, 4) is 0 Å². The fourth-order valence-electron chi connectivity index (χ4n) is 2.25. The molecule has 0 amide bonds.